The number of rotatable bonds is 3. The van der Waals surface area contributed by atoms with Gasteiger partial charge in [-0.2, -0.15) is 0 Å². The van der Waals surface area contributed by atoms with Crippen LogP contribution in [0.2, 0.25) is 0 Å². The van der Waals surface area contributed by atoms with Crippen molar-refractivity contribution in [1.29, 1.82) is 0 Å². The number of nitrogens with one attached hydrogen (secondary N) is 2. The molecule has 1 unspecified atom stereocenters. The van der Waals surface area contributed by atoms with Crippen molar-refractivity contribution < 1.29 is 4.79 Å². The van der Waals surface area contributed by atoms with E-state index in [0.717, 1.165) is 18.2 Å². The molecule has 1 saturated carbocycles. The normalized spacial score (nSPS) is 31.9. The molecule has 1 amide bonds. The van der Waals surface area contributed by atoms with Crippen molar-refractivity contribution in [2.45, 2.75) is 26.3 Å². The summed E-state index contributed by atoms with van der Waals surface area (Å²) in [6.45, 7) is 5.37. The zero-order chi connectivity index (χ0) is 10.2. The van der Waals surface area contributed by atoms with E-state index in [1.54, 1.807) is 11.8 Å². The van der Waals surface area contributed by atoms with Gasteiger partial charge in [-0.1, -0.05) is 13.8 Å². The fourth-order valence-corrected chi connectivity index (χ4v) is 2.78. The summed E-state index contributed by atoms with van der Waals surface area (Å²) in [5, 5.41) is 6.20. The second-order valence-electron chi connectivity index (χ2n) is 4.91. The van der Waals surface area contributed by atoms with Gasteiger partial charge in [-0.3, -0.25) is 10.1 Å². The summed E-state index contributed by atoms with van der Waals surface area (Å²) in [5.41, 5.74) is 0.463. The van der Waals surface area contributed by atoms with Crippen LogP contribution in [0.15, 0.2) is 0 Å². The first kappa shape index (κ1) is 13.1. The minimum atomic E-state index is 0. The van der Waals surface area contributed by atoms with Crippen molar-refractivity contribution in [2.24, 2.45) is 11.3 Å². The first-order chi connectivity index (χ1) is 6.59. The highest BCUT2D eigenvalue weighted by Crippen LogP contribution is 2.50. The molecule has 15 heavy (non-hydrogen) atoms. The Hall–Kier alpha value is 0.0700. The maximum atomic E-state index is 11.6. The van der Waals surface area contributed by atoms with Crippen molar-refractivity contribution in [3.05, 3.63) is 0 Å². The van der Waals surface area contributed by atoms with Gasteiger partial charge in [-0.15, -0.1) is 24.2 Å². The molecule has 2 N–H and O–H groups in total. The van der Waals surface area contributed by atoms with Gasteiger partial charge in [0.2, 0.25) is 5.91 Å². The average molecular weight is 251 g/mol. The Labute approximate surface area is 102 Å². The monoisotopic (exact) mass is 250 g/mol. The predicted octanol–water partition coefficient (Wildman–Crippen LogP) is 1.23. The molecule has 1 heterocycles. The number of carbonyl (C=O) groups excluding carboxylic acids is 1. The number of amides is 1. The van der Waals surface area contributed by atoms with Crippen LogP contribution in [-0.2, 0) is 4.79 Å². The maximum absolute atomic E-state index is 11.6. The zero-order valence-corrected chi connectivity index (χ0v) is 10.8. The molecule has 88 valence electrons. The van der Waals surface area contributed by atoms with Crippen LogP contribution in [0.3, 0.4) is 0 Å². The van der Waals surface area contributed by atoms with Crippen LogP contribution >= 0.6 is 24.2 Å². The van der Waals surface area contributed by atoms with E-state index in [2.05, 4.69) is 24.5 Å². The molecule has 0 spiro atoms. The molecule has 1 aliphatic carbocycles. The number of thioether (sulfide) groups is 1. The van der Waals surface area contributed by atoms with E-state index in [0.29, 0.717) is 11.3 Å². The minimum Gasteiger partial charge on any atom is -0.354 e. The average Bonchev–Trinajstić information content (AvgIpc) is 2.58. The highest BCUT2D eigenvalue weighted by atomic mass is 35.5. The van der Waals surface area contributed by atoms with Gasteiger partial charge in [0, 0.05) is 18.2 Å². The SMILES string of the molecule is CC1(C)CC1CNC(=O)[C@H]1CSCN1.Cl. The van der Waals surface area contributed by atoms with Crippen molar-refractivity contribution >= 4 is 30.1 Å². The Morgan fingerprint density at radius 3 is 2.73 bits per heavy atom. The molecule has 0 radical (unpaired) electrons. The second kappa shape index (κ2) is 4.93. The third kappa shape index (κ3) is 3.26. The summed E-state index contributed by atoms with van der Waals surface area (Å²) in [7, 11) is 0. The molecular formula is C10H19ClN2OS. The maximum Gasteiger partial charge on any atom is 0.238 e. The quantitative estimate of drug-likeness (QED) is 0.792. The number of hydrogen-bond acceptors (Lipinski definition) is 3. The summed E-state index contributed by atoms with van der Waals surface area (Å²) in [4.78, 5) is 11.6. The van der Waals surface area contributed by atoms with Crippen molar-refractivity contribution in [3.8, 4) is 0 Å². The van der Waals surface area contributed by atoms with Crippen molar-refractivity contribution in [1.82, 2.24) is 10.6 Å². The van der Waals surface area contributed by atoms with E-state index in [1.807, 2.05) is 0 Å². The molecule has 1 saturated heterocycles. The Bertz CT molecular complexity index is 242. The first-order valence-electron chi connectivity index (χ1n) is 5.18. The molecule has 1 aliphatic heterocycles. The van der Waals surface area contributed by atoms with Crippen LogP contribution in [0, 0.1) is 11.3 Å². The molecule has 5 heteroatoms. The van der Waals surface area contributed by atoms with Gasteiger partial charge < -0.3 is 5.32 Å². The summed E-state index contributed by atoms with van der Waals surface area (Å²) in [6.07, 6.45) is 1.25. The van der Waals surface area contributed by atoms with Gasteiger partial charge in [0.25, 0.3) is 0 Å². The van der Waals surface area contributed by atoms with Crippen LogP contribution < -0.4 is 10.6 Å². The minimum absolute atomic E-state index is 0. The summed E-state index contributed by atoms with van der Waals surface area (Å²) in [6, 6.07) is 0.0434. The first-order valence-corrected chi connectivity index (χ1v) is 6.34. The molecule has 2 atom stereocenters. The molecule has 0 aromatic rings. The van der Waals surface area contributed by atoms with E-state index in [1.165, 1.54) is 6.42 Å². The number of carbonyl (C=O) groups is 1. The molecular weight excluding hydrogens is 232 g/mol. The summed E-state index contributed by atoms with van der Waals surface area (Å²) < 4.78 is 0. The lowest BCUT2D eigenvalue weighted by Crippen LogP contribution is -2.42. The Kier molecular flexibility index (Phi) is 4.32. The molecule has 0 aromatic heterocycles. The third-order valence-electron chi connectivity index (χ3n) is 3.27. The Morgan fingerprint density at radius 2 is 2.27 bits per heavy atom. The lowest BCUT2D eigenvalue weighted by molar-refractivity contribution is -0.122. The predicted molar refractivity (Wildman–Crippen MR) is 66.4 cm³/mol. The van der Waals surface area contributed by atoms with E-state index in [4.69, 9.17) is 0 Å². The standard InChI is InChI=1S/C10H18N2OS.ClH/c1-10(2)3-7(10)4-11-9(13)8-5-14-6-12-8;/h7-8,12H,3-6H2,1-2H3,(H,11,13);1H/t7?,8-;/m1./s1. The zero-order valence-electron chi connectivity index (χ0n) is 9.21. The molecule has 2 rings (SSSR count). The largest absolute Gasteiger partial charge is 0.354 e. The van der Waals surface area contributed by atoms with Crippen LogP contribution in [-0.4, -0.2) is 30.1 Å². The van der Waals surface area contributed by atoms with Crippen LogP contribution in [0.5, 0.6) is 0 Å². The molecule has 0 bridgehead atoms. The van der Waals surface area contributed by atoms with E-state index >= 15 is 0 Å². The van der Waals surface area contributed by atoms with Gasteiger partial charge in [-0.05, 0) is 17.8 Å². The van der Waals surface area contributed by atoms with E-state index in [9.17, 15) is 4.79 Å². The van der Waals surface area contributed by atoms with Crippen molar-refractivity contribution in [3.63, 3.8) is 0 Å². The number of halogens is 1. The molecule has 3 nitrogen and oxygen atoms in total. The highest BCUT2D eigenvalue weighted by Gasteiger charge is 2.45. The second-order valence-corrected chi connectivity index (χ2v) is 5.94. The Morgan fingerprint density at radius 1 is 1.60 bits per heavy atom. The lowest BCUT2D eigenvalue weighted by Gasteiger charge is -2.10. The third-order valence-corrected chi connectivity index (χ3v) is 4.21. The number of hydrogen-bond donors (Lipinski definition) is 2. The van der Waals surface area contributed by atoms with Crippen LogP contribution in [0.4, 0.5) is 0 Å². The van der Waals surface area contributed by atoms with Crippen LogP contribution in [0.25, 0.3) is 0 Å². The topological polar surface area (TPSA) is 41.1 Å². The van der Waals surface area contributed by atoms with Crippen molar-refractivity contribution in [2.75, 3.05) is 18.2 Å². The fraction of sp³-hybridized carbons (Fsp3) is 0.900. The molecule has 2 fully saturated rings. The fourth-order valence-electron chi connectivity index (χ4n) is 1.84. The summed E-state index contributed by atoms with van der Waals surface area (Å²) in [5.74, 6) is 2.70. The van der Waals surface area contributed by atoms with E-state index < -0.39 is 0 Å². The Balaban J connectivity index is 0.00000112. The molecule has 2 aliphatic rings. The van der Waals surface area contributed by atoms with Gasteiger partial charge >= 0.3 is 0 Å². The van der Waals surface area contributed by atoms with Gasteiger partial charge in [0.15, 0.2) is 0 Å². The molecule has 0 aromatic carbocycles. The lowest BCUT2D eigenvalue weighted by atomic mass is 10.1. The summed E-state index contributed by atoms with van der Waals surface area (Å²) >= 11 is 1.79. The van der Waals surface area contributed by atoms with Gasteiger partial charge in [0.1, 0.15) is 0 Å². The highest BCUT2D eigenvalue weighted by molar-refractivity contribution is 7.99. The smallest absolute Gasteiger partial charge is 0.238 e. The van der Waals surface area contributed by atoms with E-state index in [-0.39, 0.29) is 24.4 Å². The van der Waals surface area contributed by atoms with Gasteiger partial charge in [0.05, 0.1) is 6.04 Å². The van der Waals surface area contributed by atoms with Crippen LogP contribution in [0.1, 0.15) is 20.3 Å². The van der Waals surface area contributed by atoms with Gasteiger partial charge in [-0.25, -0.2) is 0 Å².